The monoisotopic (exact) mass is 308 g/mol. The van der Waals surface area contributed by atoms with Crippen LogP contribution in [0.1, 0.15) is 45.4 Å². The first kappa shape index (κ1) is 16.2. The minimum atomic E-state index is -3.49. The molecular formula is C17H24O3S. The van der Waals surface area contributed by atoms with E-state index in [4.69, 9.17) is 0 Å². The number of hydrogen-bond donors (Lipinski definition) is 0. The summed E-state index contributed by atoms with van der Waals surface area (Å²) in [5.74, 6) is 0.358. The van der Waals surface area contributed by atoms with E-state index in [1.165, 1.54) is 32.1 Å². The summed E-state index contributed by atoms with van der Waals surface area (Å²) in [5.41, 5.74) is 0. The first-order valence-corrected chi connectivity index (χ1v) is 9.44. The van der Waals surface area contributed by atoms with Crippen LogP contribution >= 0.6 is 0 Å². The molecule has 1 aliphatic carbocycles. The molecule has 0 radical (unpaired) electrons. The maximum Gasteiger partial charge on any atom is 0.185 e. The quantitative estimate of drug-likeness (QED) is 0.806. The number of Topliss-reactive ketones (excluding diaryl/α,β-unsaturated/α-hetero) is 1. The van der Waals surface area contributed by atoms with Gasteiger partial charge in [-0.15, -0.1) is 0 Å². The van der Waals surface area contributed by atoms with Gasteiger partial charge in [-0.3, -0.25) is 4.79 Å². The second-order valence-electron chi connectivity index (χ2n) is 6.19. The van der Waals surface area contributed by atoms with Gasteiger partial charge in [-0.2, -0.15) is 0 Å². The van der Waals surface area contributed by atoms with E-state index in [0.717, 1.165) is 0 Å². The highest BCUT2D eigenvalue weighted by Crippen LogP contribution is 2.31. The Labute approximate surface area is 127 Å². The molecule has 1 aromatic carbocycles. The first-order chi connectivity index (χ1) is 9.99. The molecule has 0 spiro atoms. The molecule has 0 N–H and O–H groups in total. The molecular weight excluding hydrogens is 284 g/mol. The highest BCUT2D eigenvalue weighted by Gasteiger charge is 2.25. The smallest absolute Gasteiger partial charge is 0.185 e. The van der Waals surface area contributed by atoms with E-state index in [-0.39, 0.29) is 16.4 Å². The zero-order valence-electron chi connectivity index (χ0n) is 12.6. The number of carbonyl (C=O) groups excluding carboxylic acids is 1. The van der Waals surface area contributed by atoms with Gasteiger partial charge in [0, 0.05) is 6.42 Å². The fourth-order valence-electron chi connectivity index (χ4n) is 3.21. The molecule has 0 aliphatic heterocycles. The second kappa shape index (κ2) is 7.21. The molecule has 2 rings (SSSR count). The van der Waals surface area contributed by atoms with Crippen LogP contribution in [0, 0.1) is 11.8 Å². The van der Waals surface area contributed by atoms with E-state index in [0.29, 0.717) is 18.3 Å². The highest BCUT2D eigenvalue weighted by atomic mass is 32.2. The zero-order valence-corrected chi connectivity index (χ0v) is 13.4. The van der Waals surface area contributed by atoms with E-state index in [9.17, 15) is 13.2 Å². The lowest BCUT2D eigenvalue weighted by molar-refractivity contribution is -0.117. The molecule has 0 saturated heterocycles. The van der Waals surface area contributed by atoms with E-state index in [1.54, 1.807) is 30.3 Å². The molecule has 21 heavy (non-hydrogen) atoms. The van der Waals surface area contributed by atoms with Gasteiger partial charge in [-0.05, 0) is 24.0 Å². The number of rotatable bonds is 6. The van der Waals surface area contributed by atoms with Crippen LogP contribution in [0.3, 0.4) is 0 Å². The van der Waals surface area contributed by atoms with Crippen LogP contribution in [-0.2, 0) is 14.6 Å². The Kier molecular flexibility index (Phi) is 5.57. The summed E-state index contributed by atoms with van der Waals surface area (Å²) in [6, 6.07) is 8.23. The van der Waals surface area contributed by atoms with Crippen molar-refractivity contribution < 1.29 is 13.2 Å². The molecule has 1 saturated carbocycles. The second-order valence-corrected chi connectivity index (χ2v) is 8.18. The Morgan fingerprint density at radius 3 is 2.38 bits per heavy atom. The number of ketones is 1. The predicted molar refractivity (Wildman–Crippen MR) is 83.9 cm³/mol. The highest BCUT2D eigenvalue weighted by molar-refractivity contribution is 7.92. The number of hydrogen-bond acceptors (Lipinski definition) is 3. The van der Waals surface area contributed by atoms with Crippen molar-refractivity contribution in [1.29, 1.82) is 0 Å². The zero-order chi connectivity index (χ0) is 15.3. The van der Waals surface area contributed by atoms with Crippen LogP contribution < -0.4 is 0 Å². The summed E-state index contributed by atoms with van der Waals surface area (Å²) in [6.07, 6.45) is 6.52. The molecule has 1 aromatic rings. The van der Waals surface area contributed by atoms with Gasteiger partial charge >= 0.3 is 0 Å². The van der Waals surface area contributed by atoms with Crippen molar-refractivity contribution >= 4 is 15.6 Å². The van der Waals surface area contributed by atoms with Gasteiger partial charge in [0.25, 0.3) is 0 Å². The molecule has 1 atom stereocenters. The van der Waals surface area contributed by atoms with Gasteiger partial charge in [-0.1, -0.05) is 57.2 Å². The number of benzene rings is 1. The summed E-state index contributed by atoms with van der Waals surface area (Å²) in [6.45, 7) is 2.09. The SMILES string of the molecule is C[C@@H](CC(=O)CS(=O)(=O)c1ccccc1)C1CCCCC1. The Morgan fingerprint density at radius 2 is 1.76 bits per heavy atom. The Hall–Kier alpha value is -1.16. The van der Waals surface area contributed by atoms with Gasteiger partial charge in [0.15, 0.2) is 9.84 Å². The van der Waals surface area contributed by atoms with Crippen molar-refractivity contribution in [3.63, 3.8) is 0 Å². The molecule has 3 nitrogen and oxygen atoms in total. The van der Waals surface area contributed by atoms with Crippen molar-refractivity contribution in [1.82, 2.24) is 0 Å². The fourth-order valence-corrected chi connectivity index (χ4v) is 4.49. The molecule has 1 fully saturated rings. The molecule has 0 aromatic heterocycles. The number of sulfone groups is 1. The van der Waals surface area contributed by atoms with Crippen molar-refractivity contribution in [3.05, 3.63) is 30.3 Å². The van der Waals surface area contributed by atoms with E-state index in [1.807, 2.05) is 0 Å². The molecule has 1 aliphatic rings. The van der Waals surface area contributed by atoms with Crippen LogP contribution in [0.4, 0.5) is 0 Å². The van der Waals surface area contributed by atoms with Crippen molar-refractivity contribution in [2.24, 2.45) is 11.8 Å². The van der Waals surface area contributed by atoms with Crippen LogP contribution in [-0.4, -0.2) is 20.0 Å². The molecule has 0 amide bonds. The average molecular weight is 308 g/mol. The molecule has 0 heterocycles. The Bertz CT molecular complexity index is 557. The molecule has 4 heteroatoms. The van der Waals surface area contributed by atoms with Crippen molar-refractivity contribution in [2.75, 3.05) is 5.75 Å². The third-order valence-corrected chi connectivity index (χ3v) is 6.15. The minimum absolute atomic E-state index is 0.156. The van der Waals surface area contributed by atoms with Crippen molar-refractivity contribution in [2.45, 2.75) is 50.3 Å². The van der Waals surface area contributed by atoms with Gasteiger partial charge < -0.3 is 0 Å². The summed E-state index contributed by atoms with van der Waals surface area (Å²) in [4.78, 5) is 12.3. The van der Waals surface area contributed by atoms with Crippen LogP contribution in [0.2, 0.25) is 0 Å². The molecule has 0 unspecified atom stereocenters. The van der Waals surface area contributed by atoms with Crippen molar-refractivity contribution in [3.8, 4) is 0 Å². The van der Waals surface area contributed by atoms with Crippen LogP contribution in [0.15, 0.2) is 35.2 Å². The Morgan fingerprint density at radius 1 is 1.14 bits per heavy atom. The van der Waals surface area contributed by atoms with E-state index >= 15 is 0 Å². The third-order valence-electron chi connectivity index (χ3n) is 4.46. The lowest BCUT2D eigenvalue weighted by Gasteiger charge is -2.27. The molecule has 116 valence electrons. The standard InChI is InChI=1S/C17H24O3S/c1-14(15-8-4-2-5-9-15)12-16(18)13-21(19,20)17-10-6-3-7-11-17/h3,6-7,10-11,14-15H,2,4-5,8-9,12-13H2,1H3/t14-/m0/s1. The third kappa shape index (κ3) is 4.67. The first-order valence-electron chi connectivity index (χ1n) is 7.78. The van der Waals surface area contributed by atoms with Gasteiger partial charge in [0.05, 0.1) is 4.90 Å². The summed E-state index contributed by atoms with van der Waals surface area (Å²) < 4.78 is 24.4. The number of carbonyl (C=O) groups is 1. The van der Waals surface area contributed by atoms with Crippen LogP contribution in [0.25, 0.3) is 0 Å². The lowest BCUT2D eigenvalue weighted by atomic mass is 9.79. The maximum absolute atomic E-state index is 12.2. The topological polar surface area (TPSA) is 51.2 Å². The largest absolute Gasteiger partial charge is 0.299 e. The van der Waals surface area contributed by atoms with Crippen LogP contribution in [0.5, 0.6) is 0 Å². The predicted octanol–water partition coefficient (Wildman–Crippen LogP) is 3.64. The van der Waals surface area contributed by atoms with Gasteiger partial charge in [0.2, 0.25) is 0 Å². The summed E-state index contributed by atoms with van der Waals surface area (Å²) >= 11 is 0. The van der Waals surface area contributed by atoms with Gasteiger partial charge in [-0.25, -0.2) is 8.42 Å². The lowest BCUT2D eigenvalue weighted by Crippen LogP contribution is -2.23. The maximum atomic E-state index is 12.2. The average Bonchev–Trinajstić information content (AvgIpc) is 2.48. The minimum Gasteiger partial charge on any atom is -0.299 e. The van der Waals surface area contributed by atoms with E-state index < -0.39 is 9.84 Å². The van der Waals surface area contributed by atoms with Gasteiger partial charge in [0.1, 0.15) is 11.5 Å². The normalized spacial score (nSPS) is 18.3. The van der Waals surface area contributed by atoms with E-state index in [2.05, 4.69) is 6.92 Å². The summed E-state index contributed by atoms with van der Waals surface area (Å²) in [5, 5.41) is 0. The summed E-state index contributed by atoms with van der Waals surface area (Å²) in [7, 11) is -3.49. The molecule has 0 bridgehead atoms. The Balaban J connectivity index is 1.92. The fraction of sp³-hybridized carbons (Fsp3) is 0.588.